The van der Waals surface area contributed by atoms with Crippen LogP contribution in [-0.4, -0.2) is 49.1 Å². The molecule has 2 rings (SSSR count). The number of halogens is 1. The van der Waals surface area contributed by atoms with Crippen molar-refractivity contribution in [2.24, 2.45) is 11.8 Å². The Kier molecular flexibility index (Phi) is 6.57. The van der Waals surface area contributed by atoms with Crippen molar-refractivity contribution >= 4 is 18.3 Å². The maximum Gasteiger partial charge on any atom is 0.234 e. The fourth-order valence-corrected chi connectivity index (χ4v) is 2.94. The molecule has 3 atom stereocenters. The summed E-state index contributed by atoms with van der Waals surface area (Å²) in [6.45, 7) is 10.2. The highest BCUT2D eigenvalue weighted by Crippen LogP contribution is 2.24. The van der Waals surface area contributed by atoms with E-state index in [0.29, 0.717) is 18.5 Å². The first-order valence-corrected chi connectivity index (χ1v) is 7.31. The fourth-order valence-electron chi connectivity index (χ4n) is 2.94. The number of carbonyl (C=O) groups excluding carboxylic acids is 1. The summed E-state index contributed by atoms with van der Waals surface area (Å²) in [4.78, 5) is 14.3. The Hall–Kier alpha value is -0.320. The van der Waals surface area contributed by atoms with Gasteiger partial charge in [-0.25, -0.2) is 0 Å². The fraction of sp³-hybridized carbons (Fsp3) is 0.929. The summed E-state index contributed by atoms with van der Waals surface area (Å²) in [6, 6.07) is 0.974. The largest absolute Gasteiger partial charge is 0.352 e. The maximum atomic E-state index is 11.9. The van der Waals surface area contributed by atoms with E-state index in [0.717, 1.165) is 25.6 Å². The summed E-state index contributed by atoms with van der Waals surface area (Å²) in [5.74, 6) is 1.44. The molecule has 2 aliphatic rings. The number of piperidine rings is 1. The third kappa shape index (κ3) is 4.62. The zero-order valence-electron chi connectivity index (χ0n) is 12.3. The van der Waals surface area contributed by atoms with Gasteiger partial charge in [0.15, 0.2) is 0 Å². The molecule has 2 aliphatic heterocycles. The molecule has 4 nitrogen and oxygen atoms in total. The van der Waals surface area contributed by atoms with Gasteiger partial charge in [-0.2, -0.15) is 0 Å². The molecule has 0 radical (unpaired) electrons. The van der Waals surface area contributed by atoms with Gasteiger partial charge in [0.25, 0.3) is 0 Å². The van der Waals surface area contributed by atoms with Crippen LogP contribution in [-0.2, 0) is 4.79 Å². The molecule has 0 saturated carbocycles. The topological polar surface area (TPSA) is 44.4 Å². The molecule has 19 heavy (non-hydrogen) atoms. The maximum absolute atomic E-state index is 11.9. The van der Waals surface area contributed by atoms with Gasteiger partial charge in [-0.1, -0.05) is 13.8 Å². The quantitative estimate of drug-likeness (QED) is 0.819. The van der Waals surface area contributed by atoms with E-state index < -0.39 is 0 Å². The molecular weight excluding hydrogens is 262 g/mol. The number of amides is 1. The van der Waals surface area contributed by atoms with Gasteiger partial charge in [0.1, 0.15) is 0 Å². The van der Waals surface area contributed by atoms with Crippen molar-refractivity contribution in [3.05, 3.63) is 0 Å². The zero-order valence-corrected chi connectivity index (χ0v) is 13.1. The molecule has 1 amide bonds. The SMILES string of the molecule is CC(C)C(C)NC(=O)CN1CCC2NCCC2C1.Cl. The van der Waals surface area contributed by atoms with Crippen molar-refractivity contribution in [1.29, 1.82) is 0 Å². The first-order valence-electron chi connectivity index (χ1n) is 7.31. The third-order valence-electron chi connectivity index (χ3n) is 4.50. The number of likely N-dealkylation sites (tertiary alicyclic amines) is 1. The van der Waals surface area contributed by atoms with E-state index in [1.165, 1.54) is 12.8 Å². The molecule has 0 bridgehead atoms. The molecular formula is C14H28ClN3O. The van der Waals surface area contributed by atoms with Crippen LogP contribution in [0.1, 0.15) is 33.6 Å². The lowest BCUT2D eigenvalue weighted by atomic mass is 9.93. The second-order valence-corrected chi connectivity index (χ2v) is 6.23. The Balaban J connectivity index is 0.00000180. The molecule has 5 heteroatoms. The van der Waals surface area contributed by atoms with Gasteiger partial charge in [-0.15, -0.1) is 12.4 Å². The molecule has 2 saturated heterocycles. The Labute approximate surface area is 123 Å². The minimum atomic E-state index is 0. The number of hydrogen-bond acceptors (Lipinski definition) is 3. The molecule has 0 aromatic carbocycles. The van der Waals surface area contributed by atoms with E-state index in [4.69, 9.17) is 0 Å². The van der Waals surface area contributed by atoms with Gasteiger partial charge in [-0.3, -0.25) is 9.69 Å². The summed E-state index contributed by atoms with van der Waals surface area (Å²) in [5, 5.41) is 6.64. The van der Waals surface area contributed by atoms with Crippen molar-refractivity contribution in [3.63, 3.8) is 0 Å². The van der Waals surface area contributed by atoms with Crippen molar-refractivity contribution < 1.29 is 4.79 Å². The number of carbonyl (C=O) groups is 1. The van der Waals surface area contributed by atoms with Crippen LogP contribution in [0.25, 0.3) is 0 Å². The monoisotopic (exact) mass is 289 g/mol. The van der Waals surface area contributed by atoms with Crippen LogP contribution in [0.15, 0.2) is 0 Å². The Morgan fingerprint density at radius 2 is 2.11 bits per heavy atom. The van der Waals surface area contributed by atoms with Crippen LogP contribution in [0.3, 0.4) is 0 Å². The van der Waals surface area contributed by atoms with Crippen molar-refractivity contribution in [2.75, 3.05) is 26.2 Å². The number of fused-ring (bicyclic) bond motifs is 1. The molecule has 0 aromatic rings. The average molecular weight is 290 g/mol. The number of rotatable bonds is 4. The number of nitrogens with one attached hydrogen (secondary N) is 2. The minimum Gasteiger partial charge on any atom is -0.352 e. The number of hydrogen-bond donors (Lipinski definition) is 2. The number of nitrogens with zero attached hydrogens (tertiary/aromatic N) is 1. The highest BCUT2D eigenvalue weighted by atomic mass is 35.5. The predicted octanol–water partition coefficient (Wildman–Crippen LogP) is 1.25. The molecule has 3 unspecified atom stereocenters. The van der Waals surface area contributed by atoms with Crippen LogP contribution >= 0.6 is 12.4 Å². The third-order valence-corrected chi connectivity index (χ3v) is 4.50. The molecule has 0 spiro atoms. The zero-order chi connectivity index (χ0) is 13.1. The van der Waals surface area contributed by atoms with E-state index in [-0.39, 0.29) is 24.4 Å². The molecule has 2 N–H and O–H groups in total. The predicted molar refractivity (Wildman–Crippen MR) is 80.6 cm³/mol. The second-order valence-electron chi connectivity index (χ2n) is 6.23. The summed E-state index contributed by atoms with van der Waals surface area (Å²) in [7, 11) is 0. The molecule has 2 heterocycles. The standard InChI is InChI=1S/C14H27N3O.ClH/c1-10(2)11(3)16-14(18)9-17-7-5-13-12(8-17)4-6-15-13;/h10-13,15H,4-9H2,1-3H3,(H,16,18);1H. The van der Waals surface area contributed by atoms with Crippen LogP contribution in [0.4, 0.5) is 0 Å². The first kappa shape index (κ1) is 16.7. The van der Waals surface area contributed by atoms with E-state index >= 15 is 0 Å². The van der Waals surface area contributed by atoms with Gasteiger partial charge in [-0.05, 0) is 38.1 Å². The Bertz CT molecular complexity index is 298. The van der Waals surface area contributed by atoms with Crippen molar-refractivity contribution in [1.82, 2.24) is 15.5 Å². The Morgan fingerprint density at radius 1 is 1.37 bits per heavy atom. The van der Waals surface area contributed by atoms with E-state index in [2.05, 4.69) is 36.3 Å². The van der Waals surface area contributed by atoms with Gasteiger partial charge in [0, 0.05) is 25.2 Å². The molecule has 0 aliphatic carbocycles. The summed E-state index contributed by atoms with van der Waals surface area (Å²) < 4.78 is 0. The van der Waals surface area contributed by atoms with Crippen molar-refractivity contribution in [2.45, 2.75) is 45.7 Å². The summed E-state index contributed by atoms with van der Waals surface area (Å²) >= 11 is 0. The molecule has 0 aromatic heterocycles. The van der Waals surface area contributed by atoms with Gasteiger partial charge in [0.2, 0.25) is 5.91 Å². The summed E-state index contributed by atoms with van der Waals surface area (Å²) in [5.41, 5.74) is 0. The van der Waals surface area contributed by atoms with E-state index in [1.807, 2.05) is 0 Å². The smallest absolute Gasteiger partial charge is 0.234 e. The first-order chi connectivity index (χ1) is 8.56. The lowest BCUT2D eigenvalue weighted by molar-refractivity contribution is -0.123. The summed E-state index contributed by atoms with van der Waals surface area (Å²) in [6.07, 6.45) is 2.46. The van der Waals surface area contributed by atoms with Crippen LogP contribution in [0.2, 0.25) is 0 Å². The average Bonchev–Trinajstić information content (AvgIpc) is 2.75. The van der Waals surface area contributed by atoms with Gasteiger partial charge < -0.3 is 10.6 Å². The lowest BCUT2D eigenvalue weighted by Crippen LogP contribution is -2.49. The Morgan fingerprint density at radius 3 is 2.79 bits per heavy atom. The lowest BCUT2D eigenvalue weighted by Gasteiger charge is -2.34. The van der Waals surface area contributed by atoms with E-state index in [9.17, 15) is 4.79 Å². The molecule has 2 fully saturated rings. The normalized spacial score (nSPS) is 28.6. The second kappa shape index (κ2) is 7.46. The van der Waals surface area contributed by atoms with Gasteiger partial charge in [0.05, 0.1) is 6.54 Å². The highest BCUT2D eigenvalue weighted by Gasteiger charge is 2.33. The van der Waals surface area contributed by atoms with Crippen LogP contribution < -0.4 is 10.6 Å². The van der Waals surface area contributed by atoms with Crippen LogP contribution in [0.5, 0.6) is 0 Å². The van der Waals surface area contributed by atoms with Crippen molar-refractivity contribution in [3.8, 4) is 0 Å². The van der Waals surface area contributed by atoms with E-state index in [1.54, 1.807) is 0 Å². The molecule has 112 valence electrons. The minimum absolute atomic E-state index is 0. The highest BCUT2D eigenvalue weighted by molar-refractivity contribution is 5.85. The van der Waals surface area contributed by atoms with Crippen LogP contribution in [0, 0.1) is 11.8 Å². The van der Waals surface area contributed by atoms with Gasteiger partial charge >= 0.3 is 0 Å².